The van der Waals surface area contributed by atoms with Gasteiger partial charge in [0.1, 0.15) is 0 Å². The molecule has 4 N–H and O–H groups in total. The number of benzene rings is 2. The molecule has 0 saturated heterocycles. The van der Waals surface area contributed by atoms with Gasteiger partial charge in [-0.25, -0.2) is 0 Å². The molecule has 0 aliphatic carbocycles. The first kappa shape index (κ1) is 18.5. The van der Waals surface area contributed by atoms with Gasteiger partial charge in [-0.2, -0.15) is 0 Å². The normalized spacial score (nSPS) is 10.5. The Labute approximate surface area is 148 Å². The van der Waals surface area contributed by atoms with Crippen LogP contribution < -0.4 is 16.4 Å². The minimum absolute atomic E-state index is 0.0998. The molecule has 6 heteroatoms. The van der Waals surface area contributed by atoms with Crippen molar-refractivity contribution in [2.75, 3.05) is 32.9 Å². The molecule has 25 heavy (non-hydrogen) atoms. The summed E-state index contributed by atoms with van der Waals surface area (Å²) in [6.07, 6.45) is 0. The summed E-state index contributed by atoms with van der Waals surface area (Å²) >= 11 is 0. The van der Waals surface area contributed by atoms with Crippen molar-refractivity contribution in [2.45, 2.75) is 6.54 Å². The summed E-state index contributed by atoms with van der Waals surface area (Å²) < 4.78 is 0. The predicted molar refractivity (Wildman–Crippen MR) is 99.4 cm³/mol. The van der Waals surface area contributed by atoms with Crippen molar-refractivity contribution < 1.29 is 9.59 Å². The zero-order valence-corrected chi connectivity index (χ0v) is 14.6. The van der Waals surface area contributed by atoms with Crippen LogP contribution in [-0.2, 0) is 6.54 Å². The maximum Gasteiger partial charge on any atom is 0.251 e. The highest BCUT2D eigenvalue weighted by Crippen LogP contribution is 2.08. The van der Waals surface area contributed by atoms with Crippen LogP contribution in [0.15, 0.2) is 48.5 Å². The fourth-order valence-electron chi connectivity index (χ4n) is 2.23. The third-order valence-electron chi connectivity index (χ3n) is 3.66. The van der Waals surface area contributed by atoms with E-state index >= 15 is 0 Å². The van der Waals surface area contributed by atoms with E-state index in [1.807, 2.05) is 31.1 Å². The van der Waals surface area contributed by atoms with Gasteiger partial charge < -0.3 is 21.3 Å². The Morgan fingerprint density at radius 1 is 0.960 bits per heavy atom. The second-order valence-electron chi connectivity index (χ2n) is 6.06. The van der Waals surface area contributed by atoms with Crippen molar-refractivity contribution >= 4 is 17.5 Å². The zero-order chi connectivity index (χ0) is 18.2. The average molecular weight is 340 g/mol. The van der Waals surface area contributed by atoms with Crippen molar-refractivity contribution in [2.24, 2.45) is 0 Å². The topological polar surface area (TPSA) is 87.5 Å². The molecule has 0 unspecified atom stereocenters. The number of carbonyl (C=O) groups excluding carboxylic acids is 2. The molecule has 2 rings (SSSR count). The summed E-state index contributed by atoms with van der Waals surface area (Å²) in [6.45, 7) is 1.78. The van der Waals surface area contributed by atoms with E-state index in [1.165, 1.54) is 0 Å². The number of likely N-dealkylation sites (N-methyl/N-ethyl adjacent to an activating group) is 1. The number of hydrogen-bond donors (Lipinski definition) is 3. The van der Waals surface area contributed by atoms with Gasteiger partial charge in [0.05, 0.1) is 0 Å². The first-order chi connectivity index (χ1) is 12.0. The number of nitrogens with two attached hydrogens (primary N) is 1. The zero-order valence-electron chi connectivity index (χ0n) is 14.6. The maximum absolute atomic E-state index is 12.1. The standard InChI is InChI=1S/C19H24N4O2/c1-23(2)11-10-21-18(24)15-8-6-14(7-9-15)13-22-19(25)16-4-3-5-17(20)12-16/h3-9,12H,10-11,13,20H2,1-2H3,(H,21,24)(H,22,25). The monoisotopic (exact) mass is 340 g/mol. The molecule has 0 aromatic heterocycles. The lowest BCUT2D eigenvalue weighted by Crippen LogP contribution is -2.31. The van der Waals surface area contributed by atoms with Gasteiger partial charge in [-0.1, -0.05) is 18.2 Å². The molecule has 6 nitrogen and oxygen atoms in total. The Kier molecular flexibility index (Phi) is 6.54. The molecule has 0 saturated carbocycles. The van der Waals surface area contributed by atoms with Crippen LogP contribution in [0.5, 0.6) is 0 Å². The van der Waals surface area contributed by atoms with Gasteiger partial charge in [-0.05, 0) is 50.0 Å². The highest BCUT2D eigenvalue weighted by molar-refractivity contribution is 5.95. The summed E-state index contributed by atoms with van der Waals surface area (Å²) in [4.78, 5) is 26.1. The van der Waals surface area contributed by atoms with Gasteiger partial charge in [-0.15, -0.1) is 0 Å². The van der Waals surface area contributed by atoms with Gasteiger partial charge in [-0.3, -0.25) is 9.59 Å². The number of carbonyl (C=O) groups is 2. The van der Waals surface area contributed by atoms with E-state index in [4.69, 9.17) is 5.73 Å². The highest BCUT2D eigenvalue weighted by Gasteiger charge is 2.07. The summed E-state index contributed by atoms with van der Waals surface area (Å²) in [5.74, 6) is -0.282. The fraction of sp³-hybridized carbons (Fsp3) is 0.263. The summed E-state index contributed by atoms with van der Waals surface area (Å²) in [5, 5.41) is 5.70. The number of nitrogens with one attached hydrogen (secondary N) is 2. The highest BCUT2D eigenvalue weighted by atomic mass is 16.2. The molecule has 0 aliphatic heterocycles. The molecule has 0 heterocycles. The van der Waals surface area contributed by atoms with Crippen molar-refractivity contribution in [3.63, 3.8) is 0 Å². The van der Waals surface area contributed by atoms with Crippen LogP contribution >= 0.6 is 0 Å². The number of nitrogens with zero attached hydrogens (tertiary/aromatic N) is 1. The summed E-state index contributed by atoms with van der Waals surface area (Å²) in [5.41, 5.74) is 8.28. The van der Waals surface area contributed by atoms with Crippen molar-refractivity contribution in [1.29, 1.82) is 0 Å². The largest absolute Gasteiger partial charge is 0.399 e. The van der Waals surface area contributed by atoms with Crippen LogP contribution in [0.2, 0.25) is 0 Å². The maximum atomic E-state index is 12.1. The van der Waals surface area contributed by atoms with E-state index in [-0.39, 0.29) is 11.8 Å². The molecule has 2 amide bonds. The minimum atomic E-state index is -0.183. The number of anilines is 1. The smallest absolute Gasteiger partial charge is 0.251 e. The predicted octanol–water partition coefficient (Wildman–Crippen LogP) is 1.49. The molecule has 0 fully saturated rings. The first-order valence-electron chi connectivity index (χ1n) is 8.11. The number of rotatable bonds is 7. The second kappa shape index (κ2) is 8.84. The first-order valence-corrected chi connectivity index (χ1v) is 8.11. The van der Waals surface area contributed by atoms with E-state index in [0.29, 0.717) is 29.9 Å². The minimum Gasteiger partial charge on any atom is -0.399 e. The third kappa shape index (κ3) is 5.93. The molecule has 0 bridgehead atoms. The van der Waals surface area contributed by atoms with Crippen LogP contribution in [0.3, 0.4) is 0 Å². The Hall–Kier alpha value is -2.86. The lowest BCUT2D eigenvalue weighted by molar-refractivity contribution is 0.0941. The number of nitrogen functional groups attached to an aromatic ring is 1. The Bertz CT molecular complexity index is 726. The fourth-order valence-corrected chi connectivity index (χ4v) is 2.23. The van der Waals surface area contributed by atoms with Crippen LogP contribution in [0.4, 0.5) is 5.69 Å². The summed E-state index contributed by atoms with van der Waals surface area (Å²) in [6, 6.07) is 14.0. The molecular formula is C19H24N4O2. The quantitative estimate of drug-likeness (QED) is 0.667. The molecule has 2 aromatic rings. The van der Waals surface area contributed by atoms with Crippen LogP contribution in [0.25, 0.3) is 0 Å². The Morgan fingerprint density at radius 2 is 1.64 bits per heavy atom. The van der Waals surface area contributed by atoms with Gasteiger partial charge >= 0.3 is 0 Å². The molecule has 2 aromatic carbocycles. The molecule has 132 valence electrons. The summed E-state index contributed by atoms with van der Waals surface area (Å²) in [7, 11) is 3.91. The Balaban J connectivity index is 1.85. The van der Waals surface area contributed by atoms with E-state index in [1.54, 1.807) is 36.4 Å². The van der Waals surface area contributed by atoms with Crippen LogP contribution in [-0.4, -0.2) is 43.9 Å². The van der Waals surface area contributed by atoms with Crippen molar-refractivity contribution in [1.82, 2.24) is 15.5 Å². The van der Waals surface area contributed by atoms with Gasteiger partial charge in [0, 0.05) is 36.4 Å². The van der Waals surface area contributed by atoms with Gasteiger partial charge in [0.2, 0.25) is 0 Å². The second-order valence-corrected chi connectivity index (χ2v) is 6.06. The van der Waals surface area contributed by atoms with Gasteiger partial charge in [0.15, 0.2) is 0 Å². The lowest BCUT2D eigenvalue weighted by atomic mass is 10.1. The molecule has 0 spiro atoms. The molecule has 0 aliphatic rings. The van der Waals surface area contributed by atoms with E-state index in [2.05, 4.69) is 10.6 Å². The third-order valence-corrected chi connectivity index (χ3v) is 3.66. The number of hydrogen-bond acceptors (Lipinski definition) is 4. The molecule has 0 radical (unpaired) electrons. The van der Waals surface area contributed by atoms with E-state index in [9.17, 15) is 9.59 Å². The lowest BCUT2D eigenvalue weighted by Gasteiger charge is -2.11. The van der Waals surface area contributed by atoms with Crippen molar-refractivity contribution in [3.8, 4) is 0 Å². The Morgan fingerprint density at radius 3 is 2.28 bits per heavy atom. The van der Waals surface area contributed by atoms with Crippen LogP contribution in [0.1, 0.15) is 26.3 Å². The van der Waals surface area contributed by atoms with Crippen LogP contribution in [0, 0.1) is 0 Å². The van der Waals surface area contributed by atoms with E-state index < -0.39 is 0 Å². The van der Waals surface area contributed by atoms with Gasteiger partial charge in [0.25, 0.3) is 11.8 Å². The average Bonchev–Trinajstić information content (AvgIpc) is 2.59. The SMILES string of the molecule is CN(C)CCNC(=O)c1ccc(CNC(=O)c2cccc(N)c2)cc1. The van der Waals surface area contributed by atoms with E-state index in [0.717, 1.165) is 12.1 Å². The number of amides is 2. The van der Waals surface area contributed by atoms with Crippen molar-refractivity contribution in [3.05, 3.63) is 65.2 Å². The molecular weight excluding hydrogens is 316 g/mol. The molecule has 0 atom stereocenters.